The van der Waals surface area contributed by atoms with Crippen LogP contribution in [0.15, 0.2) is 29.1 Å². The van der Waals surface area contributed by atoms with Crippen molar-refractivity contribution < 1.29 is 19.0 Å². The molecule has 0 unspecified atom stereocenters. The topological polar surface area (TPSA) is 118 Å². The van der Waals surface area contributed by atoms with Crippen molar-refractivity contribution in [3.8, 4) is 5.75 Å². The molecule has 6 rings (SSSR count). The van der Waals surface area contributed by atoms with Crippen molar-refractivity contribution in [2.45, 2.75) is 26.2 Å². The number of pyridine rings is 2. The highest BCUT2D eigenvalue weighted by Crippen LogP contribution is 2.32. The second kappa shape index (κ2) is 8.95. The number of carbonyl (C=O) groups excluding carboxylic acids is 1. The number of hydrogen-bond acceptors (Lipinski definition) is 8. The molecule has 182 valence electrons. The summed E-state index contributed by atoms with van der Waals surface area (Å²) < 4.78 is 17.2. The predicted molar refractivity (Wildman–Crippen MR) is 130 cm³/mol. The average Bonchev–Trinajstić information content (AvgIpc) is 3.29. The predicted octanol–water partition coefficient (Wildman–Crippen LogP) is 1.70. The molecule has 0 spiro atoms. The third kappa shape index (κ3) is 4.24. The second-order valence-electron chi connectivity index (χ2n) is 9.12. The number of nitrogens with one attached hydrogen (secondary N) is 3. The first-order chi connectivity index (χ1) is 17.0. The monoisotopic (exact) mass is 477 g/mol. The van der Waals surface area contributed by atoms with Crippen LogP contribution in [0, 0.1) is 6.92 Å². The Morgan fingerprint density at radius 3 is 2.74 bits per heavy atom. The molecule has 3 aromatic rings. The summed E-state index contributed by atoms with van der Waals surface area (Å²) in [6.45, 7) is 6.77. The first-order valence-electron chi connectivity index (χ1n) is 11.8. The fourth-order valence-corrected chi connectivity index (χ4v) is 4.65. The van der Waals surface area contributed by atoms with Gasteiger partial charge in [-0.25, -0.2) is 4.98 Å². The van der Waals surface area contributed by atoms with Crippen LogP contribution in [0.5, 0.6) is 5.75 Å². The molecular weight excluding hydrogens is 450 g/mol. The van der Waals surface area contributed by atoms with E-state index in [4.69, 9.17) is 19.2 Å². The largest absolute Gasteiger partial charge is 0.485 e. The maximum Gasteiger partial charge on any atom is 0.259 e. The summed E-state index contributed by atoms with van der Waals surface area (Å²) in [5.41, 5.74) is 4.14. The van der Waals surface area contributed by atoms with Crippen LogP contribution in [-0.2, 0) is 22.7 Å². The minimum Gasteiger partial charge on any atom is -0.485 e. The van der Waals surface area contributed by atoms with Gasteiger partial charge < -0.3 is 34.7 Å². The normalized spacial score (nSPS) is 17.8. The summed E-state index contributed by atoms with van der Waals surface area (Å²) in [5, 5.41) is 7.05. The van der Waals surface area contributed by atoms with Crippen LogP contribution in [-0.4, -0.2) is 61.4 Å². The number of aromatic amines is 1. The first kappa shape index (κ1) is 22.0. The van der Waals surface area contributed by atoms with Crippen LogP contribution in [0.2, 0.25) is 0 Å². The van der Waals surface area contributed by atoms with Crippen molar-refractivity contribution >= 4 is 28.3 Å². The van der Waals surface area contributed by atoms with E-state index in [9.17, 15) is 9.59 Å². The molecular formula is C25H27N5O5. The van der Waals surface area contributed by atoms with Gasteiger partial charge in [0.15, 0.2) is 0 Å². The van der Waals surface area contributed by atoms with Gasteiger partial charge in [-0.1, -0.05) is 0 Å². The van der Waals surface area contributed by atoms with Crippen LogP contribution in [0.25, 0.3) is 10.9 Å². The number of aryl methyl sites for hydroxylation is 1. The number of carbonyl (C=O) groups is 1. The molecule has 0 saturated carbocycles. The van der Waals surface area contributed by atoms with E-state index in [1.165, 1.54) is 0 Å². The molecule has 3 aliphatic heterocycles. The molecule has 2 saturated heterocycles. The number of H-pyrrole nitrogens is 1. The van der Waals surface area contributed by atoms with E-state index in [0.29, 0.717) is 67.9 Å². The first-order valence-corrected chi connectivity index (χ1v) is 11.8. The molecule has 3 N–H and O–H groups in total. The number of hydrogen-bond donors (Lipinski definition) is 3. The zero-order valence-electron chi connectivity index (χ0n) is 19.5. The molecule has 0 atom stereocenters. The van der Waals surface area contributed by atoms with Gasteiger partial charge in [0, 0.05) is 54.9 Å². The van der Waals surface area contributed by atoms with Crippen molar-refractivity contribution in [1.82, 2.24) is 15.3 Å². The Balaban J connectivity index is 1.38. The lowest BCUT2D eigenvalue weighted by Gasteiger charge is -2.30. The van der Waals surface area contributed by atoms with E-state index in [1.807, 2.05) is 19.1 Å². The van der Waals surface area contributed by atoms with Gasteiger partial charge in [-0.2, -0.15) is 0 Å². The van der Waals surface area contributed by atoms with E-state index in [2.05, 4.69) is 20.5 Å². The Bertz CT molecular complexity index is 1360. The number of fused-ring (bicyclic) bond motifs is 2. The van der Waals surface area contributed by atoms with Gasteiger partial charge in [0.1, 0.15) is 17.7 Å². The minimum absolute atomic E-state index is 0.0157. The number of nitrogens with zero attached hydrogens (tertiary/aromatic N) is 2. The van der Waals surface area contributed by atoms with Crippen LogP contribution in [0.3, 0.4) is 0 Å². The van der Waals surface area contributed by atoms with E-state index >= 15 is 0 Å². The maximum absolute atomic E-state index is 13.6. The smallest absolute Gasteiger partial charge is 0.259 e. The molecule has 35 heavy (non-hydrogen) atoms. The standard InChI is InChI=1S/C25H27N5O5/c1-14-6-22(31)29-23-18(14)8-16(9-21(23)35-17-10-26-11-17)27-25(32)19-7-15-12-34-13-20(15)28-24(19)30-2-4-33-5-3-30/h6-9,17,26H,2-5,10-13H2,1H3,(H,27,32)(H,29,31). The molecule has 2 fully saturated rings. The third-order valence-electron chi connectivity index (χ3n) is 6.64. The quantitative estimate of drug-likeness (QED) is 0.508. The number of benzene rings is 1. The van der Waals surface area contributed by atoms with Crippen LogP contribution < -0.4 is 25.8 Å². The van der Waals surface area contributed by atoms with E-state index < -0.39 is 0 Å². The zero-order chi connectivity index (χ0) is 23.9. The molecule has 1 aromatic carbocycles. The molecule has 3 aliphatic rings. The van der Waals surface area contributed by atoms with E-state index in [1.54, 1.807) is 12.1 Å². The second-order valence-corrected chi connectivity index (χ2v) is 9.12. The SMILES string of the molecule is Cc1cc(=O)[nH]c2c(OC3CNC3)cc(NC(=O)c3cc4c(nc3N3CCOCC3)COC4)cc12. The summed E-state index contributed by atoms with van der Waals surface area (Å²) in [6.07, 6.45) is 0.0157. The number of ether oxygens (including phenoxy) is 3. The fraction of sp³-hybridized carbons (Fsp3) is 0.400. The lowest BCUT2D eigenvalue weighted by molar-refractivity contribution is 0.102. The van der Waals surface area contributed by atoms with Gasteiger partial charge in [-0.15, -0.1) is 0 Å². The van der Waals surface area contributed by atoms with Gasteiger partial charge in [0.25, 0.3) is 5.91 Å². The Kier molecular flexibility index (Phi) is 5.63. The van der Waals surface area contributed by atoms with Gasteiger partial charge in [-0.3, -0.25) is 9.59 Å². The molecule has 10 nitrogen and oxygen atoms in total. The lowest BCUT2D eigenvalue weighted by Crippen LogP contribution is -2.50. The molecule has 2 aromatic heterocycles. The number of rotatable bonds is 5. The summed E-state index contributed by atoms with van der Waals surface area (Å²) in [4.78, 5) is 35.5. The zero-order valence-corrected chi connectivity index (χ0v) is 19.5. The van der Waals surface area contributed by atoms with Crippen molar-refractivity contribution in [2.24, 2.45) is 0 Å². The molecule has 0 aliphatic carbocycles. The third-order valence-corrected chi connectivity index (χ3v) is 6.64. The Morgan fingerprint density at radius 1 is 1.14 bits per heavy atom. The molecule has 5 heterocycles. The minimum atomic E-state index is -0.258. The van der Waals surface area contributed by atoms with Gasteiger partial charge in [0.05, 0.1) is 43.2 Å². The van der Waals surface area contributed by atoms with E-state index in [-0.39, 0.29) is 17.6 Å². The van der Waals surface area contributed by atoms with Crippen LogP contribution in [0.1, 0.15) is 27.2 Å². The van der Waals surface area contributed by atoms with Crippen molar-refractivity contribution in [1.29, 1.82) is 0 Å². The van der Waals surface area contributed by atoms with Gasteiger partial charge in [-0.05, 0) is 24.6 Å². The van der Waals surface area contributed by atoms with Gasteiger partial charge >= 0.3 is 0 Å². The highest BCUT2D eigenvalue weighted by Gasteiger charge is 2.26. The van der Waals surface area contributed by atoms with Crippen molar-refractivity contribution in [2.75, 3.05) is 49.6 Å². The molecule has 10 heteroatoms. The molecule has 1 amide bonds. The Morgan fingerprint density at radius 2 is 1.97 bits per heavy atom. The maximum atomic E-state index is 13.6. The summed E-state index contributed by atoms with van der Waals surface area (Å²) in [5.74, 6) is 0.929. The highest BCUT2D eigenvalue weighted by atomic mass is 16.5. The summed E-state index contributed by atoms with van der Waals surface area (Å²) in [6, 6.07) is 7.06. The fourth-order valence-electron chi connectivity index (χ4n) is 4.65. The number of anilines is 2. The highest BCUT2D eigenvalue weighted by molar-refractivity contribution is 6.09. The van der Waals surface area contributed by atoms with Crippen LogP contribution in [0.4, 0.5) is 11.5 Å². The van der Waals surface area contributed by atoms with Crippen molar-refractivity contribution in [3.63, 3.8) is 0 Å². The van der Waals surface area contributed by atoms with Crippen LogP contribution >= 0.6 is 0 Å². The molecule has 0 bridgehead atoms. The molecule has 0 radical (unpaired) electrons. The number of aromatic nitrogens is 2. The number of morpholine rings is 1. The summed E-state index contributed by atoms with van der Waals surface area (Å²) >= 11 is 0. The number of amides is 1. The Labute approximate surface area is 201 Å². The Hall–Kier alpha value is -3.47. The summed E-state index contributed by atoms with van der Waals surface area (Å²) in [7, 11) is 0. The average molecular weight is 478 g/mol. The lowest BCUT2D eigenvalue weighted by atomic mass is 10.1. The van der Waals surface area contributed by atoms with E-state index in [0.717, 1.165) is 35.3 Å². The van der Waals surface area contributed by atoms with Crippen molar-refractivity contribution in [3.05, 3.63) is 57.0 Å². The van der Waals surface area contributed by atoms with Gasteiger partial charge in [0.2, 0.25) is 5.56 Å².